The Bertz CT molecular complexity index is 758. The smallest absolute Gasteiger partial charge is 0.205 e. The fourth-order valence-electron chi connectivity index (χ4n) is 2.05. The number of imidazole rings is 1. The summed E-state index contributed by atoms with van der Waals surface area (Å²) in [5.41, 5.74) is 1.88. The first kappa shape index (κ1) is 12.0. The minimum Gasteiger partial charge on any atom is -0.442 e. The molecule has 3 rings (SSSR count). The Kier molecular flexibility index (Phi) is 2.87. The molecule has 0 spiro atoms. The number of hydrogen-bond acceptors (Lipinski definition) is 3. The van der Waals surface area contributed by atoms with Gasteiger partial charge in [0.1, 0.15) is 5.82 Å². The summed E-state index contributed by atoms with van der Waals surface area (Å²) in [5.74, 6) is 0.834. The number of furan rings is 1. The largest absolute Gasteiger partial charge is 0.442 e. The van der Waals surface area contributed by atoms with Gasteiger partial charge in [-0.05, 0) is 35.9 Å². The van der Waals surface area contributed by atoms with Crippen LogP contribution in [0.3, 0.4) is 0 Å². The van der Waals surface area contributed by atoms with Gasteiger partial charge < -0.3 is 8.98 Å². The highest BCUT2D eigenvalue weighted by Gasteiger charge is 2.15. The molecule has 0 saturated heterocycles. The molecular formula is C14H11ClN2O2. The maximum Gasteiger partial charge on any atom is 0.205 e. The first-order chi connectivity index (χ1) is 9.15. The van der Waals surface area contributed by atoms with Crippen molar-refractivity contribution < 1.29 is 9.21 Å². The van der Waals surface area contributed by atoms with E-state index >= 15 is 0 Å². The molecule has 0 radical (unpaired) electrons. The minimum absolute atomic E-state index is 0.134. The molecule has 0 aliphatic heterocycles. The summed E-state index contributed by atoms with van der Waals surface area (Å²) < 4.78 is 7.02. The minimum atomic E-state index is -0.134. The van der Waals surface area contributed by atoms with Crippen molar-refractivity contribution in [1.29, 1.82) is 0 Å². The number of ketones is 1. The van der Waals surface area contributed by atoms with E-state index < -0.39 is 0 Å². The SMILES string of the molecule is Cn1c(CC(=O)c2ccc(Cl)o2)nc2ccccc21. The summed E-state index contributed by atoms with van der Waals surface area (Å²) in [4.78, 5) is 16.5. The molecule has 0 aliphatic carbocycles. The van der Waals surface area contributed by atoms with Crippen molar-refractivity contribution in [2.45, 2.75) is 6.42 Å². The zero-order chi connectivity index (χ0) is 13.4. The van der Waals surface area contributed by atoms with Gasteiger partial charge in [-0.25, -0.2) is 4.98 Å². The summed E-state index contributed by atoms with van der Waals surface area (Å²) in [7, 11) is 1.90. The number of nitrogens with zero attached hydrogens (tertiary/aromatic N) is 2. The van der Waals surface area contributed by atoms with E-state index in [1.54, 1.807) is 12.1 Å². The molecule has 0 bridgehead atoms. The van der Waals surface area contributed by atoms with Gasteiger partial charge in [-0.1, -0.05) is 12.1 Å². The van der Waals surface area contributed by atoms with Crippen molar-refractivity contribution >= 4 is 28.4 Å². The quantitative estimate of drug-likeness (QED) is 0.689. The van der Waals surface area contributed by atoms with Crippen molar-refractivity contribution in [2.75, 3.05) is 0 Å². The Morgan fingerprint density at radius 1 is 1.32 bits per heavy atom. The maximum absolute atomic E-state index is 12.1. The number of carbonyl (C=O) groups is 1. The highest BCUT2D eigenvalue weighted by atomic mass is 35.5. The van der Waals surface area contributed by atoms with Gasteiger partial charge in [0.25, 0.3) is 0 Å². The average Bonchev–Trinajstić information content (AvgIpc) is 2.96. The molecule has 0 unspecified atom stereocenters. The Labute approximate surface area is 114 Å². The lowest BCUT2D eigenvalue weighted by molar-refractivity contribution is 0.0963. The number of aryl methyl sites for hydroxylation is 1. The monoisotopic (exact) mass is 274 g/mol. The molecule has 4 nitrogen and oxygen atoms in total. The molecule has 3 aromatic rings. The highest BCUT2D eigenvalue weighted by molar-refractivity contribution is 6.29. The average molecular weight is 275 g/mol. The van der Waals surface area contributed by atoms with Crippen LogP contribution in [0.15, 0.2) is 40.8 Å². The number of benzene rings is 1. The third-order valence-electron chi connectivity index (χ3n) is 3.05. The molecule has 2 heterocycles. The van der Waals surface area contributed by atoms with E-state index in [2.05, 4.69) is 4.98 Å². The Balaban J connectivity index is 1.93. The normalized spacial score (nSPS) is 11.1. The second-order valence-electron chi connectivity index (χ2n) is 4.28. The lowest BCUT2D eigenvalue weighted by atomic mass is 10.2. The number of Topliss-reactive ketones (excluding diaryl/α,β-unsaturated/α-hetero) is 1. The predicted octanol–water partition coefficient (Wildman–Crippen LogP) is 3.25. The fourth-order valence-corrected chi connectivity index (χ4v) is 2.19. The van der Waals surface area contributed by atoms with E-state index in [9.17, 15) is 4.79 Å². The van der Waals surface area contributed by atoms with Crippen LogP contribution in [0.25, 0.3) is 11.0 Å². The Morgan fingerprint density at radius 2 is 2.11 bits per heavy atom. The van der Waals surface area contributed by atoms with Crippen molar-refractivity contribution in [2.24, 2.45) is 7.05 Å². The molecule has 0 amide bonds. The van der Waals surface area contributed by atoms with Crippen LogP contribution in [0.1, 0.15) is 16.4 Å². The van der Waals surface area contributed by atoms with E-state index in [1.807, 2.05) is 35.9 Å². The van der Waals surface area contributed by atoms with Crippen molar-refractivity contribution in [3.8, 4) is 0 Å². The van der Waals surface area contributed by atoms with Gasteiger partial charge >= 0.3 is 0 Å². The Hall–Kier alpha value is -2.07. The van der Waals surface area contributed by atoms with Crippen LogP contribution < -0.4 is 0 Å². The van der Waals surface area contributed by atoms with Crippen molar-refractivity contribution in [3.05, 3.63) is 53.2 Å². The first-order valence-corrected chi connectivity index (χ1v) is 6.22. The third kappa shape index (κ3) is 2.15. The van der Waals surface area contributed by atoms with Crippen LogP contribution in [-0.4, -0.2) is 15.3 Å². The van der Waals surface area contributed by atoms with E-state index in [1.165, 1.54) is 0 Å². The zero-order valence-electron chi connectivity index (χ0n) is 10.3. The topological polar surface area (TPSA) is 48.0 Å². The molecule has 5 heteroatoms. The van der Waals surface area contributed by atoms with Gasteiger partial charge in [0.05, 0.1) is 17.5 Å². The van der Waals surface area contributed by atoms with Crippen molar-refractivity contribution in [1.82, 2.24) is 9.55 Å². The van der Waals surface area contributed by atoms with Crippen LogP contribution in [0.5, 0.6) is 0 Å². The molecule has 0 fully saturated rings. The lowest BCUT2D eigenvalue weighted by Gasteiger charge is -2.00. The van der Waals surface area contributed by atoms with Crippen LogP contribution in [0, 0.1) is 0 Å². The van der Waals surface area contributed by atoms with E-state index in [0.29, 0.717) is 5.82 Å². The van der Waals surface area contributed by atoms with Crippen LogP contribution in [0.4, 0.5) is 0 Å². The molecule has 0 N–H and O–H groups in total. The standard InChI is InChI=1S/C14H11ClN2O2/c1-17-10-5-3-2-4-9(10)16-14(17)8-11(18)12-6-7-13(15)19-12/h2-7H,8H2,1H3. The van der Waals surface area contributed by atoms with Crippen LogP contribution in [0.2, 0.25) is 5.22 Å². The molecular weight excluding hydrogens is 264 g/mol. The lowest BCUT2D eigenvalue weighted by Crippen LogP contribution is -2.07. The summed E-state index contributed by atoms with van der Waals surface area (Å²) in [6.07, 6.45) is 0.190. The van der Waals surface area contributed by atoms with E-state index in [0.717, 1.165) is 11.0 Å². The molecule has 0 atom stereocenters. The summed E-state index contributed by atoms with van der Waals surface area (Å²) in [6, 6.07) is 10.9. The van der Waals surface area contributed by atoms with Crippen LogP contribution >= 0.6 is 11.6 Å². The molecule has 1 aromatic carbocycles. The van der Waals surface area contributed by atoms with Gasteiger partial charge in [0.15, 0.2) is 11.0 Å². The zero-order valence-corrected chi connectivity index (χ0v) is 11.0. The summed E-state index contributed by atoms with van der Waals surface area (Å²) >= 11 is 5.66. The molecule has 19 heavy (non-hydrogen) atoms. The number of para-hydroxylation sites is 2. The van der Waals surface area contributed by atoms with E-state index in [-0.39, 0.29) is 23.2 Å². The maximum atomic E-state index is 12.1. The molecule has 0 saturated carbocycles. The molecule has 96 valence electrons. The first-order valence-electron chi connectivity index (χ1n) is 5.84. The van der Waals surface area contributed by atoms with Crippen LogP contribution in [-0.2, 0) is 13.5 Å². The Morgan fingerprint density at radius 3 is 2.79 bits per heavy atom. The van der Waals surface area contributed by atoms with Crippen molar-refractivity contribution in [3.63, 3.8) is 0 Å². The number of halogens is 1. The predicted molar refractivity (Wildman–Crippen MR) is 72.5 cm³/mol. The highest BCUT2D eigenvalue weighted by Crippen LogP contribution is 2.18. The number of aromatic nitrogens is 2. The molecule has 2 aromatic heterocycles. The van der Waals surface area contributed by atoms with E-state index in [4.69, 9.17) is 16.0 Å². The number of rotatable bonds is 3. The van der Waals surface area contributed by atoms with Gasteiger partial charge in [-0.2, -0.15) is 0 Å². The number of carbonyl (C=O) groups excluding carboxylic acids is 1. The van der Waals surface area contributed by atoms with Gasteiger partial charge in [0.2, 0.25) is 5.78 Å². The summed E-state index contributed by atoms with van der Waals surface area (Å²) in [6.45, 7) is 0. The second-order valence-corrected chi connectivity index (χ2v) is 4.65. The second kappa shape index (κ2) is 4.55. The fraction of sp³-hybridized carbons (Fsp3) is 0.143. The summed E-state index contributed by atoms with van der Waals surface area (Å²) in [5, 5.41) is 0.216. The third-order valence-corrected chi connectivity index (χ3v) is 3.25. The van der Waals surface area contributed by atoms with Gasteiger partial charge in [0, 0.05) is 7.05 Å². The van der Waals surface area contributed by atoms with Gasteiger partial charge in [-0.3, -0.25) is 4.79 Å². The number of fused-ring (bicyclic) bond motifs is 1. The van der Waals surface area contributed by atoms with Gasteiger partial charge in [-0.15, -0.1) is 0 Å². The number of hydrogen-bond donors (Lipinski definition) is 0. The molecule has 0 aliphatic rings.